The normalized spacial score (nSPS) is 19.9. The highest BCUT2D eigenvalue weighted by Crippen LogP contribution is 2.36. The Morgan fingerprint density at radius 2 is 2.08 bits per heavy atom. The third kappa shape index (κ3) is 3.84. The van der Waals surface area contributed by atoms with Crippen molar-refractivity contribution in [3.05, 3.63) is 65.7 Å². The molecule has 1 aromatic carbocycles. The van der Waals surface area contributed by atoms with E-state index in [0.29, 0.717) is 13.0 Å². The lowest BCUT2D eigenvalue weighted by atomic mass is 9.94. The summed E-state index contributed by atoms with van der Waals surface area (Å²) in [5.41, 5.74) is 1.81. The average molecular weight is 341 g/mol. The quantitative estimate of drug-likeness (QED) is 0.906. The standard InChI is InChI=1S/C19H20FN3O2/c1-23-17(24)11-16(18(23)14-3-2-9-21-12-14)19(25)22-10-8-13-4-6-15(20)7-5-13/h2-7,9,12,16,18H,8,10-11H2,1H3,(H,22,25)/t16-,18-/m1/s1. The zero-order chi connectivity index (χ0) is 17.8. The molecule has 1 aliphatic heterocycles. The van der Waals surface area contributed by atoms with Crippen LogP contribution in [0.2, 0.25) is 0 Å². The Bertz CT molecular complexity index is 749. The Balaban J connectivity index is 1.63. The Labute approximate surface area is 145 Å². The van der Waals surface area contributed by atoms with Crippen molar-refractivity contribution in [2.75, 3.05) is 13.6 Å². The third-order valence-corrected chi connectivity index (χ3v) is 4.58. The van der Waals surface area contributed by atoms with Gasteiger partial charge in [0.25, 0.3) is 0 Å². The number of carbonyl (C=O) groups is 2. The molecule has 2 amide bonds. The summed E-state index contributed by atoms with van der Waals surface area (Å²) in [4.78, 5) is 30.4. The molecule has 0 radical (unpaired) electrons. The maximum Gasteiger partial charge on any atom is 0.226 e. The fourth-order valence-corrected chi connectivity index (χ4v) is 3.22. The van der Waals surface area contributed by atoms with Crippen molar-refractivity contribution in [3.8, 4) is 0 Å². The van der Waals surface area contributed by atoms with Crippen LogP contribution in [-0.4, -0.2) is 35.3 Å². The van der Waals surface area contributed by atoms with Crippen molar-refractivity contribution in [1.82, 2.24) is 15.2 Å². The van der Waals surface area contributed by atoms with Crippen LogP contribution in [0.4, 0.5) is 4.39 Å². The molecule has 5 nitrogen and oxygen atoms in total. The molecule has 6 heteroatoms. The average Bonchev–Trinajstić information content (AvgIpc) is 2.92. The van der Waals surface area contributed by atoms with E-state index in [4.69, 9.17) is 0 Å². The van der Waals surface area contributed by atoms with Crippen LogP contribution >= 0.6 is 0 Å². The summed E-state index contributed by atoms with van der Waals surface area (Å²) >= 11 is 0. The minimum Gasteiger partial charge on any atom is -0.355 e. The third-order valence-electron chi connectivity index (χ3n) is 4.58. The van der Waals surface area contributed by atoms with Gasteiger partial charge in [0.15, 0.2) is 0 Å². The highest BCUT2D eigenvalue weighted by molar-refractivity contribution is 5.90. The van der Waals surface area contributed by atoms with Gasteiger partial charge in [0.1, 0.15) is 5.82 Å². The van der Waals surface area contributed by atoms with Crippen LogP contribution in [0.1, 0.15) is 23.6 Å². The zero-order valence-electron chi connectivity index (χ0n) is 14.0. The predicted molar refractivity (Wildman–Crippen MR) is 91.0 cm³/mol. The van der Waals surface area contributed by atoms with E-state index >= 15 is 0 Å². The summed E-state index contributed by atoms with van der Waals surface area (Å²) in [6.45, 7) is 0.443. The molecule has 1 N–H and O–H groups in total. The van der Waals surface area contributed by atoms with Gasteiger partial charge < -0.3 is 10.2 Å². The first-order valence-electron chi connectivity index (χ1n) is 8.24. The minimum absolute atomic E-state index is 0.0486. The molecule has 0 bridgehead atoms. The number of likely N-dealkylation sites (tertiary alicyclic amines) is 1. The number of carbonyl (C=O) groups excluding carboxylic acids is 2. The first kappa shape index (κ1) is 17.1. The Kier molecular flexibility index (Phi) is 5.07. The number of halogens is 1. The number of rotatable bonds is 5. The number of hydrogen-bond acceptors (Lipinski definition) is 3. The highest BCUT2D eigenvalue weighted by Gasteiger charge is 2.42. The van der Waals surface area contributed by atoms with E-state index in [0.717, 1.165) is 11.1 Å². The molecule has 1 aliphatic rings. The van der Waals surface area contributed by atoms with E-state index in [1.165, 1.54) is 12.1 Å². The molecule has 0 aliphatic carbocycles. The maximum absolute atomic E-state index is 12.9. The van der Waals surface area contributed by atoms with Gasteiger partial charge in [0.2, 0.25) is 11.8 Å². The molecule has 2 atom stereocenters. The SMILES string of the molecule is CN1C(=O)C[C@@H](C(=O)NCCc2ccc(F)cc2)[C@H]1c1cccnc1. The van der Waals surface area contributed by atoms with Gasteiger partial charge in [-0.2, -0.15) is 0 Å². The lowest BCUT2D eigenvalue weighted by molar-refractivity contribution is -0.128. The molecule has 1 fully saturated rings. The lowest BCUT2D eigenvalue weighted by Gasteiger charge is -2.24. The molecule has 0 unspecified atom stereocenters. The second kappa shape index (κ2) is 7.42. The van der Waals surface area contributed by atoms with Crippen LogP contribution in [-0.2, 0) is 16.0 Å². The predicted octanol–water partition coefficient (Wildman–Crippen LogP) is 2.10. The van der Waals surface area contributed by atoms with Crippen molar-refractivity contribution < 1.29 is 14.0 Å². The topological polar surface area (TPSA) is 62.3 Å². The van der Waals surface area contributed by atoms with Crippen LogP contribution in [0.15, 0.2) is 48.8 Å². The number of nitrogens with zero attached hydrogens (tertiary/aromatic N) is 2. The lowest BCUT2D eigenvalue weighted by Crippen LogP contribution is -2.35. The number of pyridine rings is 1. The van der Waals surface area contributed by atoms with Crippen LogP contribution in [0.5, 0.6) is 0 Å². The van der Waals surface area contributed by atoms with Gasteiger partial charge in [-0.25, -0.2) is 4.39 Å². The van der Waals surface area contributed by atoms with Crippen molar-refractivity contribution in [2.24, 2.45) is 5.92 Å². The monoisotopic (exact) mass is 341 g/mol. The van der Waals surface area contributed by atoms with Gasteiger partial charge in [-0.1, -0.05) is 18.2 Å². The molecule has 0 saturated carbocycles. The fourth-order valence-electron chi connectivity index (χ4n) is 3.22. The first-order chi connectivity index (χ1) is 12.1. The molecule has 1 saturated heterocycles. The zero-order valence-corrected chi connectivity index (χ0v) is 14.0. The van der Waals surface area contributed by atoms with Crippen LogP contribution in [0, 0.1) is 11.7 Å². The number of amides is 2. The molecule has 1 aromatic heterocycles. The Morgan fingerprint density at radius 3 is 2.76 bits per heavy atom. The molecular weight excluding hydrogens is 321 g/mol. The van der Waals surface area contributed by atoms with Gasteiger partial charge >= 0.3 is 0 Å². The van der Waals surface area contributed by atoms with E-state index in [2.05, 4.69) is 10.3 Å². The maximum atomic E-state index is 12.9. The van der Waals surface area contributed by atoms with Gasteiger partial charge in [-0.05, 0) is 35.7 Å². The van der Waals surface area contributed by atoms with E-state index in [9.17, 15) is 14.0 Å². The Morgan fingerprint density at radius 1 is 1.32 bits per heavy atom. The summed E-state index contributed by atoms with van der Waals surface area (Å²) in [5, 5.41) is 2.90. The minimum atomic E-state index is -0.435. The molecule has 25 heavy (non-hydrogen) atoms. The second-order valence-electron chi connectivity index (χ2n) is 6.21. The van der Waals surface area contributed by atoms with Crippen LogP contribution < -0.4 is 5.32 Å². The van der Waals surface area contributed by atoms with E-state index in [1.807, 2.05) is 6.07 Å². The summed E-state index contributed by atoms with van der Waals surface area (Å²) in [6, 6.07) is 9.59. The number of benzene rings is 1. The van der Waals surface area contributed by atoms with Crippen LogP contribution in [0.25, 0.3) is 0 Å². The number of nitrogens with one attached hydrogen (secondary N) is 1. The molecule has 2 heterocycles. The number of hydrogen-bond donors (Lipinski definition) is 1. The molecule has 2 aromatic rings. The fraction of sp³-hybridized carbons (Fsp3) is 0.316. The van der Waals surface area contributed by atoms with Gasteiger partial charge in [-0.3, -0.25) is 14.6 Å². The number of aromatic nitrogens is 1. The summed E-state index contributed by atoms with van der Waals surface area (Å²) in [5.74, 6) is -0.907. The second-order valence-corrected chi connectivity index (χ2v) is 6.21. The van der Waals surface area contributed by atoms with Crippen molar-refractivity contribution in [3.63, 3.8) is 0 Å². The van der Waals surface area contributed by atoms with Gasteiger partial charge in [0.05, 0.1) is 12.0 Å². The van der Waals surface area contributed by atoms with Gasteiger partial charge in [0, 0.05) is 32.4 Å². The van der Waals surface area contributed by atoms with E-state index in [1.54, 1.807) is 42.5 Å². The molecule has 130 valence electrons. The van der Waals surface area contributed by atoms with E-state index < -0.39 is 5.92 Å². The summed E-state index contributed by atoms with van der Waals surface area (Å²) in [7, 11) is 1.71. The van der Waals surface area contributed by atoms with Crippen LogP contribution in [0.3, 0.4) is 0 Å². The first-order valence-corrected chi connectivity index (χ1v) is 8.24. The molecule has 3 rings (SSSR count). The molecule has 0 spiro atoms. The smallest absolute Gasteiger partial charge is 0.226 e. The van der Waals surface area contributed by atoms with Crippen molar-refractivity contribution in [1.29, 1.82) is 0 Å². The van der Waals surface area contributed by atoms with Crippen molar-refractivity contribution in [2.45, 2.75) is 18.9 Å². The summed E-state index contributed by atoms with van der Waals surface area (Å²) in [6.07, 6.45) is 4.16. The van der Waals surface area contributed by atoms with Crippen molar-refractivity contribution >= 4 is 11.8 Å². The largest absolute Gasteiger partial charge is 0.355 e. The van der Waals surface area contributed by atoms with Gasteiger partial charge in [-0.15, -0.1) is 0 Å². The van der Waals surface area contributed by atoms with E-state index in [-0.39, 0.29) is 30.1 Å². The Hall–Kier alpha value is -2.76. The highest BCUT2D eigenvalue weighted by atomic mass is 19.1. The molecular formula is C19H20FN3O2. The summed E-state index contributed by atoms with van der Waals surface area (Å²) < 4.78 is 12.9.